The monoisotopic (exact) mass is 318 g/mol. The lowest BCUT2D eigenvalue weighted by Crippen LogP contribution is -2.14. The van der Waals surface area contributed by atoms with E-state index in [1.165, 1.54) is 16.7 Å². The van der Waals surface area contributed by atoms with E-state index in [2.05, 4.69) is 42.1 Å². The van der Waals surface area contributed by atoms with Gasteiger partial charge < -0.3 is 5.32 Å². The second-order valence-corrected chi connectivity index (χ2v) is 7.36. The van der Waals surface area contributed by atoms with Crippen LogP contribution in [0.1, 0.15) is 22.3 Å². The minimum Gasteiger partial charge on any atom is -0.309 e. The van der Waals surface area contributed by atoms with Crippen molar-refractivity contribution in [2.75, 3.05) is 11.0 Å². The zero-order chi connectivity index (χ0) is 16.2. The Labute approximate surface area is 132 Å². The van der Waals surface area contributed by atoms with E-state index in [9.17, 15) is 8.42 Å². The molecule has 0 aliphatic rings. The molecule has 0 fully saturated rings. The molecule has 2 aromatic carbocycles. The molecule has 0 amide bonds. The third-order valence-corrected chi connectivity index (χ3v) is 3.98. The molecule has 0 radical (unpaired) electrons. The fourth-order valence-corrected chi connectivity index (χ4v) is 2.90. The first kappa shape index (κ1) is 16.5. The van der Waals surface area contributed by atoms with Gasteiger partial charge in [0, 0.05) is 18.8 Å². The maximum Gasteiger partial charge on any atom is 0.229 e. The molecule has 0 atom stereocenters. The number of sulfonamides is 1. The van der Waals surface area contributed by atoms with Gasteiger partial charge in [0.25, 0.3) is 0 Å². The molecule has 0 aromatic heterocycles. The molecule has 0 spiro atoms. The molecular weight excluding hydrogens is 296 g/mol. The Bertz CT molecular complexity index is 755. The van der Waals surface area contributed by atoms with Crippen LogP contribution in [-0.4, -0.2) is 14.7 Å². The average Bonchev–Trinajstić information content (AvgIpc) is 2.40. The number of aryl methyl sites for hydroxylation is 2. The van der Waals surface area contributed by atoms with Gasteiger partial charge in [-0.3, -0.25) is 4.72 Å². The molecular formula is C17H22N2O2S. The summed E-state index contributed by atoms with van der Waals surface area (Å²) >= 11 is 0. The third-order valence-electron chi connectivity index (χ3n) is 3.37. The Hall–Kier alpha value is -1.85. The Morgan fingerprint density at radius 2 is 1.77 bits per heavy atom. The summed E-state index contributed by atoms with van der Waals surface area (Å²) in [5.74, 6) is 0. The molecule has 4 nitrogen and oxygen atoms in total. The highest BCUT2D eigenvalue weighted by atomic mass is 32.2. The number of rotatable bonds is 6. The van der Waals surface area contributed by atoms with Gasteiger partial charge >= 0.3 is 0 Å². The molecule has 2 N–H and O–H groups in total. The zero-order valence-electron chi connectivity index (χ0n) is 13.2. The highest BCUT2D eigenvalue weighted by Crippen LogP contribution is 2.13. The van der Waals surface area contributed by atoms with Crippen molar-refractivity contribution in [2.24, 2.45) is 0 Å². The molecule has 0 aliphatic carbocycles. The van der Waals surface area contributed by atoms with Crippen molar-refractivity contribution in [1.82, 2.24) is 5.32 Å². The minimum absolute atomic E-state index is 0.591. The second kappa shape index (κ2) is 6.94. The van der Waals surface area contributed by atoms with E-state index in [4.69, 9.17) is 0 Å². The number of benzene rings is 2. The fourth-order valence-electron chi connectivity index (χ4n) is 2.34. The SMILES string of the molecule is Cc1ccc(CNCc2cccc(NS(C)(=O)=O)c2)c(C)c1. The van der Waals surface area contributed by atoms with Crippen molar-refractivity contribution in [2.45, 2.75) is 26.9 Å². The Balaban J connectivity index is 1.95. The number of hydrogen-bond acceptors (Lipinski definition) is 3. The van der Waals surface area contributed by atoms with Gasteiger partial charge in [0.1, 0.15) is 0 Å². The lowest BCUT2D eigenvalue weighted by Gasteiger charge is -2.10. The summed E-state index contributed by atoms with van der Waals surface area (Å²) < 4.78 is 25.0. The van der Waals surface area contributed by atoms with Gasteiger partial charge in [-0.2, -0.15) is 0 Å². The largest absolute Gasteiger partial charge is 0.309 e. The molecule has 0 aliphatic heterocycles. The molecule has 0 bridgehead atoms. The average molecular weight is 318 g/mol. The molecule has 22 heavy (non-hydrogen) atoms. The quantitative estimate of drug-likeness (QED) is 0.861. The van der Waals surface area contributed by atoms with E-state index in [1.54, 1.807) is 6.07 Å². The van der Waals surface area contributed by atoms with Crippen molar-refractivity contribution < 1.29 is 8.42 Å². The lowest BCUT2D eigenvalue weighted by molar-refractivity contribution is 0.607. The van der Waals surface area contributed by atoms with Crippen molar-refractivity contribution in [1.29, 1.82) is 0 Å². The van der Waals surface area contributed by atoms with Crippen LogP contribution in [0, 0.1) is 13.8 Å². The van der Waals surface area contributed by atoms with E-state index in [-0.39, 0.29) is 0 Å². The van der Waals surface area contributed by atoms with Gasteiger partial charge in [-0.15, -0.1) is 0 Å². The predicted molar refractivity (Wildman–Crippen MR) is 91.4 cm³/mol. The van der Waals surface area contributed by atoms with Crippen molar-refractivity contribution in [3.05, 3.63) is 64.7 Å². The number of nitrogens with one attached hydrogen (secondary N) is 2. The standard InChI is InChI=1S/C17H22N2O2S/c1-13-7-8-16(14(2)9-13)12-18-11-15-5-4-6-17(10-15)19-22(3,20)21/h4-10,18-19H,11-12H2,1-3H3. The van der Waals surface area contributed by atoms with E-state index in [0.717, 1.165) is 18.4 Å². The molecule has 0 unspecified atom stereocenters. The molecule has 0 saturated heterocycles. The Morgan fingerprint density at radius 3 is 2.45 bits per heavy atom. The van der Waals surface area contributed by atoms with Crippen molar-refractivity contribution in [3.8, 4) is 0 Å². The third kappa shape index (κ3) is 5.16. The van der Waals surface area contributed by atoms with Crippen molar-refractivity contribution in [3.63, 3.8) is 0 Å². The molecule has 2 aromatic rings. The Morgan fingerprint density at radius 1 is 1.00 bits per heavy atom. The van der Waals surface area contributed by atoms with Crippen LogP contribution in [0.2, 0.25) is 0 Å². The highest BCUT2D eigenvalue weighted by Gasteiger charge is 2.03. The van der Waals surface area contributed by atoms with Crippen molar-refractivity contribution >= 4 is 15.7 Å². The molecule has 2 rings (SSSR count). The van der Waals surface area contributed by atoms with E-state index in [1.807, 2.05) is 18.2 Å². The van der Waals surface area contributed by atoms with Gasteiger partial charge in [-0.25, -0.2) is 8.42 Å². The summed E-state index contributed by atoms with van der Waals surface area (Å²) in [6, 6.07) is 13.8. The summed E-state index contributed by atoms with van der Waals surface area (Å²) in [6.45, 7) is 5.67. The number of hydrogen-bond donors (Lipinski definition) is 2. The second-order valence-electron chi connectivity index (χ2n) is 5.61. The fraction of sp³-hybridized carbons (Fsp3) is 0.294. The van der Waals surface area contributed by atoms with E-state index in [0.29, 0.717) is 12.2 Å². The highest BCUT2D eigenvalue weighted by molar-refractivity contribution is 7.92. The molecule has 0 heterocycles. The summed E-state index contributed by atoms with van der Waals surface area (Å²) in [4.78, 5) is 0. The van der Waals surface area contributed by atoms with Gasteiger partial charge in [0.15, 0.2) is 0 Å². The van der Waals surface area contributed by atoms with Crippen LogP contribution in [-0.2, 0) is 23.1 Å². The lowest BCUT2D eigenvalue weighted by atomic mass is 10.1. The summed E-state index contributed by atoms with van der Waals surface area (Å²) in [6.07, 6.45) is 1.15. The normalized spacial score (nSPS) is 11.4. The van der Waals surface area contributed by atoms with Crippen LogP contribution >= 0.6 is 0 Å². The van der Waals surface area contributed by atoms with Crippen LogP contribution in [0.4, 0.5) is 5.69 Å². The number of anilines is 1. The summed E-state index contributed by atoms with van der Waals surface area (Å²) in [5, 5.41) is 3.39. The first-order valence-corrected chi connectivity index (χ1v) is 9.06. The summed E-state index contributed by atoms with van der Waals surface area (Å²) in [7, 11) is -3.24. The maximum absolute atomic E-state index is 11.2. The minimum atomic E-state index is -3.24. The summed E-state index contributed by atoms with van der Waals surface area (Å²) in [5.41, 5.74) is 5.45. The first-order valence-electron chi connectivity index (χ1n) is 7.17. The molecule has 0 saturated carbocycles. The molecule has 5 heteroatoms. The van der Waals surface area contributed by atoms with Crippen LogP contribution in [0.5, 0.6) is 0 Å². The van der Waals surface area contributed by atoms with Gasteiger partial charge in [0.05, 0.1) is 6.26 Å². The maximum atomic E-state index is 11.2. The van der Waals surface area contributed by atoms with Gasteiger partial charge in [-0.1, -0.05) is 35.9 Å². The van der Waals surface area contributed by atoms with E-state index < -0.39 is 10.0 Å². The topological polar surface area (TPSA) is 58.2 Å². The van der Waals surface area contributed by atoms with Gasteiger partial charge in [0.2, 0.25) is 10.0 Å². The molecule has 118 valence electrons. The predicted octanol–water partition coefficient (Wildman–Crippen LogP) is 2.96. The van der Waals surface area contributed by atoms with E-state index >= 15 is 0 Å². The zero-order valence-corrected chi connectivity index (χ0v) is 14.0. The van der Waals surface area contributed by atoms with Gasteiger partial charge in [-0.05, 0) is 42.7 Å². The van der Waals surface area contributed by atoms with Crippen LogP contribution in [0.15, 0.2) is 42.5 Å². The first-order chi connectivity index (χ1) is 10.3. The Kier molecular flexibility index (Phi) is 5.21. The van der Waals surface area contributed by atoms with Crippen LogP contribution in [0.3, 0.4) is 0 Å². The van der Waals surface area contributed by atoms with Crippen LogP contribution < -0.4 is 10.0 Å². The smallest absolute Gasteiger partial charge is 0.229 e. The van der Waals surface area contributed by atoms with Crippen LogP contribution in [0.25, 0.3) is 0 Å².